The number of nitrogens with zero attached hydrogens (tertiary/aromatic N) is 1. The number of carbonyl (C=O) groups is 1. The maximum atomic E-state index is 10.5. The molecule has 1 aromatic rings. The van der Waals surface area contributed by atoms with Crippen LogP contribution in [0.4, 0.5) is 0 Å². The Balaban J connectivity index is 2.80. The summed E-state index contributed by atoms with van der Waals surface area (Å²) in [4.78, 5) is 10.5. The highest BCUT2D eigenvalue weighted by Gasteiger charge is 1.99. The monoisotopic (exact) mass is 199 g/mol. The summed E-state index contributed by atoms with van der Waals surface area (Å²) in [6.07, 6.45) is 0.178. The predicted octanol–water partition coefficient (Wildman–Crippen LogP) is 1.58. The van der Waals surface area contributed by atoms with E-state index in [0.29, 0.717) is 5.56 Å². The van der Waals surface area contributed by atoms with Gasteiger partial charge in [-0.3, -0.25) is 4.79 Å². The molecule has 15 heavy (non-hydrogen) atoms. The van der Waals surface area contributed by atoms with Crippen LogP contribution in [-0.2, 0) is 11.2 Å². The minimum atomic E-state index is -0.864. The van der Waals surface area contributed by atoms with Crippen LogP contribution >= 0.6 is 0 Å². The zero-order valence-corrected chi connectivity index (χ0v) is 8.03. The molecule has 74 valence electrons. The van der Waals surface area contributed by atoms with Gasteiger partial charge in [0.25, 0.3) is 0 Å². The molecule has 0 atom stereocenters. The Labute approximate surface area is 88.0 Å². The van der Waals surface area contributed by atoms with E-state index in [2.05, 4.69) is 11.8 Å². The van der Waals surface area contributed by atoms with Crippen LogP contribution in [0, 0.1) is 23.2 Å². The fourth-order valence-electron chi connectivity index (χ4n) is 1.12. The SMILES string of the molecule is N#CCC#Cc1cccc(CC(=O)O)c1. The van der Waals surface area contributed by atoms with Gasteiger partial charge in [0.2, 0.25) is 0 Å². The second-order valence-corrected chi connectivity index (χ2v) is 2.91. The van der Waals surface area contributed by atoms with Crippen molar-refractivity contribution in [2.45, 2.75) is 12.8 Å². The molecule has 0 bridgehead atoms. The van der Waals surface area contributed by atoms with Gasteiger partial charge in [0.05, 0.1) is 18.9 Å². The molecule has 3 nitrogen and oxygen atoms in total. The first-order chi connectivity index (χ1) is 7.22. The summed E-state index contributed by atoms with van der Waals surface area (Å²) in [5.41, 5.74) is 1.45. The van der Waals surface area contributed by atoms with E-state index < -0.39 is 5.97 Å². The van der Waals surface area contributed by atoms with Crippen molar-refractivity contribution in [1.29, 1.82) is 5.26 Å². The van der Waals surface area contributed by atoms with Crippen molar-refractivity contribution in [3.63, 3.8) is 0 Å². The Morgan fingerprint density at radius 3 is 2.93 bits per heavy atom. The van der Waals surface area contributed by atoms with E-state index in [4.69, 9.17) is 10.4 Å². The van der Waals surface area contributed by atoms with Crippen molar-refractivity contribution in [2.24, 2.45) is 0 Å². The van der Waals surface area contributed by atoms with Gasteiger partial charge in [0.1, 0.15) is 0 Å². The highest BCUT2D eigenvalue weighted by Crippen LogP contribution is 2.04. The second-order valence-electron chi connectivity index (χ2n) is 2.91. The van der Waals surface area contributed by atoms with E-state index in [0.717, 1.165) is 5.56 Å². The van der Waals surface area contributed by atoms with E-state index in [9.17, 15) is 4.79 Å². The summed E-state index contributed by atoms with van der Waals surface area (Å²) in [5, 5.41) is 16.9. The average molecular weight is 199 g/mol. The van der Waals surface area contributed by atoms with Crippen LogP contribution in [0.25, 0.3) is 0 Å². The number of aliphatic carboxylic acids is 1. The van der Waals surface area contributed by atoms with Gasteiger partial charge in [-0.25, -0.2) is 0 Å². The van der Waals surface area contributed by atoms with Crippen molar-refractivity contribution in [1.82, 2.24) is 0 Å². The van der Waals surface area contributed by atoms with Crippen LogP contribution in [0.5, 0.6) is 0 Å². The van der Waals surface area contributed by atoms with Gasteiger partial charge in [-0.2, -0.15) is 5.26 Å². The summed E-state index contributed by atoms with van der Waals surface area (Å²) in [5.74, 6) is 4.60. The summed E-state index contributed by atoms with van der Waals surface area (Å²) < 4.78 is 0. The minimum Gasteiger partial charge on any atom is -0.481 e. The van der Waals surface area contributed by atoms with Gasteiger partial charge in [-0.05, 0) is 17.7 Å². The lowest BCUT2D eigenvalue weighted by Crippen LogP contribution is -1.99. The van der Waals surface area contributed by atoms with Gasteiger partial charge in [0.15, 0.2) is 0 Å². The molecule has 0 amide bonds. The topological polar surface area (TPSA) is 61.1 Å². The van der Waals surface area contributed by atoms with Crippen LogP contribution in [0.15, 0.2) is 24.3 Å². The van der Waals surface area contributed by atoms with E-state index in [1.54, 1.807) is 24.3 Å². The fourth-order valence-corrected chi connectivity index (χ4v) is 1.12. The van der Waals surface area contributed by atoms with E-state index >= 15 is 0 Å². The second kappa shape index (κ2) is 5.47. The molecular formula is C12H9NO2. The molecule has 0 saturated carbocycles. The Bertz CT molecular complexity index is 460. The molecule has 1 aromatic carbocycles. The largest absolute Gasteiger partial charge is 0.481 e. The minimum absolute atomic E-state index is 0.00618. The standard InChI is InChI=1S/C12H9NO2/c13-7-2-1-4-10-5-3-6-11(8-10)9-12(14)15/h3,5-6,8H,2,9H2,(H,14,15). The van der Waals surface area contributed by atoms with Crippen molar-refractivity contribution < 1.29 is 9.90 Å². The fraction of sp³-hybridized carbons (Fsp3) is 0.167. The molecule has 1 N–H and O–H groups in total. The summed E-state index contributed by atoms with van der Waals surface area (Å²) >= 11 is 0. The first kappa shape index (κ1) is 10.8. The molecule has 0 fully saturated rings. The Kier molecular flexibility index (Phi) is 3.94. The highest BCUT2D eigenvalue weighted by atomic mass is 16.4. The molecule has 0 heterocycles. The third-order valence-corrected chi connectivity index (χ3v) is 1.68. The van der Waals surface area contributed by atoms with E-state index in [1.807, 2.05) is 6.07 Å². The van der Waals surface area contributed by atoms with Crippen LogP contribution < -0.4 is 0 Å². The van der Waals surface area contributed by atoms with Crippen molar-refractivity contribution in [3.8, 4) is 17.9 Å². The zero-order chi connectivity index (χ0) is 11.1. The molecule has 0 aromatic heterocycles. The molecular weight excluding hydrogens is 190 g/mol. The van der Waals surface area contributed by atoms with Crippen molar-refractivity contribution in [2.75, 3.05) is 0 Å². The molecule has 0 spiro atoms. The molecule has 0 aliphatic carbocycles. The smallest absolute Gasteiger partial charge is 0.307 e. The molecule has 0 radical (unpaired) electrons. The number of benzene rings is 1. The Morgan fingerprint density at radius 1 is 1.47 bits per heavy atom. The number of nitriles is 1. The highest BCUT2D eigenvalue weighted by molar-refractivity contribution is 5.70. The maximum Gasteiger partial charge on any atom is 0.307 e. The number of hydrogen-bond donors (Lipinski definition) is 1. The first-order valence-corrected chi connectivity index (χ1v) is 4.39. The zero-order valence-electron chi connectivity index (χ0n) is 8.03. The molecule has 3 heteroatoms. The average Bonchev–Trinajstić information content (AvgIpc) is 2.18. The van der Waals surface area contributed by atoms with E-state index in [-0.39, 0.29) is 12.8 Å². The normalized spacial score (nSPS) is 8.47. The lowest BCUT2D eigenvalue weighted by atomic mass is 10.1. The molecule has 0 saturated heterocycles. The lowest BCUT2D eigenvalue weighted by molar-refractivity contribution is -0.136. The number of carboxylic acids is 1. The maximum absolute atomic E-state index is 10.5. The van der Waals surface area contributed by atoms with Gasteiger partial charge < -0.3 is 5.11 Å². The third-order valence-electron chi connectivity index (χ3n) is 1.68. The first-order valence-electron chi connectivity index (χ1n) is 4.39. The Morgan fingerprint density at radius 2 is 2.27 bits per heavy atom. The van der Waals surface area contributed by atoms with Crippen molar-refractivity contribution in [3.05, 3.63) is 35.4 Å². The van der Waals surface area contributed by atoms with Crippen LogP contribution in [0.2, 0.25) is 0 Å². The molecule has 0 unspecified atom stereocenters. The Hall–Kier alpha value is -2.26. The van der Waals surface area contributed by atoms with Gasteiger partial charge >= 0.3 is 5.97 Å². The van der Waals surface area contributed by atoms with E-state index in [1.165, 1.54) is 0 Å². The van der Waals surface area contributed by atoms with Crippen LogP contribution in [0.3, 0.4) is 0 Å². The molecule has 0 aliphatic rings. The van der Waals surface area contributed by atoms with Gasteiger partial charge in [0, 0.05) is 5.56 Å². The summed E-state index contributed by atoms with van der Waals surface area (Å²) in [6, 6.07) is 8.92. The van der Waals surface area contributed by atoms with Crippen molar-refractivity contribution >= 4 is 5.97 Å². The van der Waals surface area contributed by atoms with Gasteiger partial charge in [-0.1, -0.05) is 24.0 Å². The predicted molar refractivity (Wildman–Crippen MR) is 54.9 cm³/mol. The van der Waals surface area contributed by atoms with Crippen LogP contribution in [-0.4, -0.2) is 11.1 Å². The number of rotatable bonds is 2. The lowest BCUT2D eigenvalue weighted by Gasteiger charge is -1.96. The third kappa shape index (κ3) is 3.97. The molecule has 0 aliphatic heterocycles. The summed E-state index contributed by atoms with van der Waals surface area (Å²) in [7, 11) is 0. The van der Waals surface area contributed by atoms with Crippen LogP contribution in [0.1, 0.15) is 17.5 Å². The molecule has 1 rings (SSSR count). The quantitative estimate of drug-likeness (QED) is 0.735. The number of hydrogen-bond acceptors (Lipinski definition) is 2. The van der Waals surface area contributed by atoms with Gasteiger partial charge in [-0.15, -0.1) is 0 Å². The summed E-state index contributed by atoms with van der Waals surface area (Å²) in [6.45, 7) is 0. The number of carboxylic acid groups (broad SMARTS) is 1.